The van der Waals surface area contributed by atoms with Gasteiger partial charge in [0, 0.05) is 22.2 Å². The first-order valence-electron chi connectivity index (χ1n) is 9.25. The van der Waals surface area contributed by atoms with E-state index in [0.717, 1.165) is 16.0 Å². The molecule has 0 spiro atoms. The van der Waals surface area contributed by atoms with Gasteiger partial charge >= 0.3 is 0 Å². The molecule has 1 aromatic carbocycles. The van der Waals surface area contributed by atoms with Gasteiger partial charge in [-0.2, -0.15) is 9.61 Å². The van der Waals surface area contributed by atoms with Crippen molar-refractivity contribution in [2.24, 2.45) is 0 Å². The van der Waals surface area contributed by atoms with E-state index in [0.29, 0.717) is 23.4 Å². The largest absolute Gasteiger partial charge is 0.368 e. The summed E-state index contributed by atoms with van der Waals surface area (Å²) in [5, 5.41) is 15.7. The van der Waals surface area contributed by atoms with Crippen molar-refractivity contribution >= 4 is 50.5 Å². The molecular formula is C21H17BrFN5S2. The fourth-order valence-electron chi connectivity index (χ4n) is 3.36. The molecule has 0 saturated carbocycles. The van der Waals surface area contributed by atoms with Crippen LogP contribution in [0.5, 0.6) is 0 Å². The minimum Gasteiger partial charge on any atom is -0.368 e. The predicted octanol–water partition coefficient (Wildman–Crippen LogP) is 5.82. The molecular weight excluding hydrogens is 485 g/mol. The summed E-state index contributed by atoms with van der Waals surface area (Å²) in [6.45, 7) is 2.76. The third kappa shape index (κ3) is 3.51. The molecule has 0 amide bonds. The van der Waals surface area contributed by atoms with Crippen molar-refractivity contribution in [2.75, 3.05) is 11.9 Å². The van der Waals surface area contributed by atoms with Gasteiger partial charge in [0.15, 0.2) is 5.65 Å². The average Bonchev–Trinajstić information content (AvgIpc) is 3.48. The van der Waals surface area contributed by atoms with Crippen molar-refractivity contribution in [1.29, 1.82) is 0 Å². The van der Waals surface area contributed by atoms with Gasteiger partial charge in [-0.05, 0) is 51.8 Å². The summed E-state index contributed by atoms with van der Waals surface area (Å²) in [6.07, 6.45) is 1.69. The highest BCUT2D eigenvalue weighted by atomic mass is 79.9. The Kier molecular flexibility index (Phi) is 5.04. The number of thioether (sulfide) groups is 1. The van der Waals surface area contributed by atoms with Crippen LogP contribution in [0.1, 0.15) is 11.8 Å². The molecule has 30 heavy (non-hydrogen) atoms. The zero-order chi connectivity index (χ0) is 20.7. The highest BCUT2D eigenvalue weighted by molar-refractivity contribution is 9.10. The lowest BCUT2D eigenvalue weighted by Crippen LogP contribution is -2.32. The molecule has 0 radical (unpaired) electrons. The molecule has 9 heteroatoms. The Balaban J connectivity index is 1.43. The third-order valence-electron chi connectivity index (χ3n) is 4.87. The maximum atomic E-state index is 14.4. The van der Waals surface area contributed by atoms with Crippen molar-refractivity contribution in [2.45, 2.75) is 11.8 Å². The van der Waals surface area contributed by atoms with Crippen LogP contribution in [0.3, 0.4) is 0 Å². The molecule has 5 rings (SSSR count). The lowest BCUT2D eigenvalue weighted by molar-refractivity contribution is 0.613. The van der Waals surface area contributed by atoms with Gasteiger partial charge in [0.25, 0.3) is 0 Å². The number of anilines is 1. The molecule has 0 fully saturated rings. The van der Waals surface area contributed by atoms with Gasteiger partial charge in [-0.15, -0.1) is 11.3 Å². The summed E-state index contributed by atoms with van der Waals surface area (Å²) < 4.78 is 16.8. The molecule has 0 aliphatic carbocycles. The zero-order valence-electron chi connectivity index (χ0n) is 15.9. The minimum absolute atomic E-state index is 0.161. The second-order valence-electron chi connectivity index (χ2n) is 6.98. The predicted molar refractivity (Wildman–Crippen MR) is 125 cm³/mol. The summed E-state index contributed by atoms with van der Waals surface area (Å²) in [4.78, 5) is 5.72. The van der Waals surface area contributed by atoms with Crippen LogP contribution in [0.4, 0.5) is 10.2 Å². The van der Waals surface area contributed by atoms with Gasteiger partial charge in [-0.25, -0.2) is 9.37 Å². The molecule has 0 saturated heterocycles. The fourth-order valence-corrected chi connectivity index (χ4v) is 5.63. The van der Waals surface area contributed by atoms with Crippen LogP contribution in [0, 0.1) is 5.82 Å². The van der Waals surface area contributed by atoms with E-state index in [2.05, 4.69) is 66.5 Å². The number of rotatable bonds is 5. The standard InChI is InChI=1S/C21H17BrFN5S2/c1-21(18-7-4-8-29-18)27-13(12-30-21)10-24-19-9-17(14-5-2-3-6-16(14)23)26-20-15(22)11-25-28(19)20/h2-9,11-12,24,27H,10H2,1H3. The van der Waals surface area contributed by atoms with Crippen molar-refractivity contribution < 1.29 is 4.39 Å². The average molecular weight is 502 g/mol. The number of hydrogen-bond acceptors (Lipinski definition) is 6. The minimum atomic E-state index is -0.306. The number of nitrogens with zero attached hydrogens (tertiary/aromatic N) is 3. The van der Waals surface area contributed by atoms with Crippen LogP contribution in [0.2, 0.25) is 0 Å². The van der Waals surface area contributed by atoms with E-state index in [1.165, 1.54) is 10.9 Å². The Morgan fingerprint density at radius 3 is 2.93 bits per heavy atom. The molecule has 1 unspecified atom stereocenters. The molecule has 5 nitrogen and oxygen atoms in total. The number of halogens is 2. The topological polar surface area (TPSA) is 54.2 Å². The number of fused-ring (bicyclic) bond motifs is 1. The number of thiophene rings is 1. The van der Waals surface area contributed by atoms with Crippen molar-refractivity contribution in [3.8, 4) is 11.3 Å². The Hall–Kier alpha value is -2.36. The van der Waals surface area contributed by atoms with E-state index in [1.54, 1.807) is 52.0 Å². The van der Waals surface area contributed by atoms with E-state index >= 15 is 0 Å². The normalized spacial score (nSPS) is 18.4. The van der Waals surface area contributed by atoms with Crippen LogP contribution in [0.25, 0.3) is 16.9 Å². The van der Waals surface area contributed by atoms with E-state index in [1.807, 2.05) is 6.07 Å². The summed E-state index contributed by atoms with van der Waals surface area (Å²) in [7, 11) is 0. The van der Waals surface area contributed by atoms with E-state index in [-0.39, 0.29) is 10.7 Å². The smallest absolute Gasteiger partial charge is 0.172 e. The number of aromatic nitrogens is 3. The van der Waals surface area contributed by atoms with E-state index < -0.39 is 0 Å². The van der Waals surface area contributed by atoms with E-state index in [4.69, 9.17) is 0 Å². The van der Waals surface area contributed by atoms with Gasteiger partial charge in [-0.1, -0.05) is 30.0 Å². The molecule has 1 atom stereocenters. The van der Waals surface area contributed by atoms with Gasteiger partial charge in [0.2, 0.25) is 0 Å². The SMILES string of the molecule is CC1(c2cccs2)NC(CNc2cc(-c3ccccc3F)nc3c(Br)cnn23)=CS1. The Morgan fingerprint density at radius 1 is 1.27 bits per heavy atom. The van der Waals surface area contributed by atoms with E-state index in [9.17, 15) is 4.39 Å². The number of benzene rings is 1. The highest BCUT2D eigenvalue weighted by Gasteiger charge is 2.32. The maximum Gasteiger partial charge on any atom is 0.172 e. The van der Waals surface area contributed by atoms with Gasteiger partial charge in [0.05, 0.1) is 22.9 Å². The highest BCUT2D eigenvalue weighted by Crippen LogP contribution is 2.42. The molecule has 3 aromatic heterocycles. The molecule has 152 valence electrons. The first-order valence-corrected chi connectivity index (χ1v) is 11.8. The zero-order valence-corrected chi connectivity index (χ0v) is 19.1. The second-order valence-corrected chi connectivity index (χ2v) is 10.1. The molecule has 1 aliphatic heterocycles. The van der Waals surface area contributed by atoms with Crippen LogP contribution < -0.4 is 10.6 Å². The van der Waals surface area contributed by atoms with Gasteiger partial charge < -0.3 is 10.6 Å². The van der Waals surface area contributed by atoms with Crippen LogP contribution in [-0.2, 0) is 4.87 Å². The monoisotopic (exact) mass is 501 g/mol. The fraction of sp³-hybridized carbons (Fsp3) is 0.143. The summed E-state index contributed by atoms with van der Waals surface area (Å²) in [6, 6.07) is 12.7. The molecule has 2 N–H and O–H groups in total. The third-order valence-corrected chi connectivity index (χ3v) is 7.84. The lowest BCUT2D eigenvalue weighted by Gasteiger charge is -2.24. The summed E-state index contributed by atoms with van der Waals surface area (Å²) in [5.41, 5.74) is 2.72. The maximum absolute atomic E-state index is 14.4. The van der Waals surface area contributed by atoms with Crippen molar-refractivity contribution in [3.63, 3.8) is 0 Å². The quantitative estimate of drug-likeness (QED) is 0.360. The number of hydrogen-bond donors (Lipinski definition) is 2. The van der Waals surface area contributed by atoms with Gasteiger partial charge in [-0.3, -0.25) is 0 Å². The molecule has 4 aromatic rings. The Labute approximate surface area is 189 Å². The Bertz CT molecular complexity index is 1250. The second kappa shape index (κ2) is 7.72. The summed E-state index contributed by atoms with van der Waals surface area (Å²) >= 11 is 6.99. The first kappa shape index (κ1) is 19.6. The first-order chi connectivity index (χ1) is 14.5. The molecule has 0 bridgehead atoms. The van der Waals surface area contributed by atoms with Crippen LogP contribution in [0.15, 0.2) is 69.6 Å². The van der Waals surface area contributed by atoms with Crippen molar-refractivity contribution in [3.05, 3.63) is 80.3 Å². The number of nitrogens with one attached hydrogen (secondary N) is 2. The molecule has 4 heterocycles. The lowest BCUT2D eigenvalue weighted by atomic mass is 10.1. The Morgan fingerprint density at radius 2 is 2.13 bits per heavy atom. The van der Waals surface area contributed by atoms with Crippen LogP contribution in [-0.4, -0.2) is 21.1 Å². The summed E-state index contributed by atoms with van der Waals surface area (Å²) in [5.74, 6) is 0.431. The van der Waals surface area contributed by atoms with Crippen molar-refractivity contribution in [1.82, 2.24) is 19.9 Å². The van der Waals surface area contributed by atoms with Gasteiger partial charge in [0.1, 0.15) is 16.5 Å². The molecule has 1 aliphatic rings. The van der Waals surface area contributed by atoms with Crippen LogP contribution >= 0.6 is 39.0 Å².